The molecule has 0 unspecified atom stereocenters. The zero-order valence-corrected chi connectivity index (χ0v) is 14.4. The molecule has 2 N–H and O–H groups in total. The van der Waals surface area contributed by atoms with Gasteiger partial charge in [0.15, 0.2) is 5.82 Å². The normalized spacial score (nSPS) is 10.8. The number of para-hydroxylation sites is 1. The second kappa shape index (κ2) is 7.25. The summed E-state index contributed by atoms with van der Waals surface area (Å²) in [4.78, 5) is 4.44. The highest BCUT2D eigenvalue weighted by Gasteiger charge is 2.10. The predicted octanol–water partition coefficient (Wildman–Crippen LogP) is 4.93. The highest BCUT2D eigenvalue weighted by atomic mass is 19.1. The fourth-order valence-corrected chi connectivity index (χ4v) is 2.55. The quantitative estimate of drug-likeness (QED) is 0.691. The van der Waals surface area contributed by atoms with Gasteiger partial charge in [0.2, 0.25) is 5.95 Å². The van der Waals surface area contributed by atoms with Crippen LogP contribution in [0.1, 0.15) is 30.9 Å². The van der Waals surface area contributed by atoms with E-state index in [1.165, 1.54) is 17.7 Å². The van der Waals surface area contributed by atoms with Crippen LogP contribution < -0.4 is 10.6 Å². The van der Waals surface area contributed by atoms with Crippen LogP contribution in [-0.2, 0) is 0 Å². The second-order valence-corrected chi connectivity index (χ2v) is 6.12. The maximum Gasteiger partial charge on any atom is 0.249 e. The molecule has 2 aromatic carbocycles. The number of nitrogens with zero attached hydrogens (tertiary/aromatic N) is 3. The van der Waals surface area contributed by atoms with Crippen LogP contribution in [0.25, 0.3) is 0 Å². The Labute approximate surface area is 146 Å². The fraction of sp³-hybridized carbons (Fsp3) is 0.211. The van der Waals surface area contributed by atoms with E-state index in [1.807, 2.05) is 0 Å². The van der Waals surface area contributed by atoms with Gasteiger partial charge >= 0.3 is 0 Å². The minimum absolute atomic E-state index is 0.291. The van der Waals surface area contributed by atoms with Crippen molar-refractivity contribution >= 4 is 23.1 Å². The standard InChI is InChI=1S/C19H20FN5/c1-12(2)16-6-4-5-13(3)18(16)23-17-11-21-25-19(24-17)22-15-9-7-14(20)8-10-15/h4-12H,1-3H3,(H2,22,23,24,25). The molecular formula is C19H20FN5. The molecule has 25 heavy (non-hydrogen) atoms. The van der Waals surface area contributed by atoms with Crippen LogP contribution in [0.5, 0.6) is 0 Å². The van der Waals surface area contributed by atoms with Gasteiger partial charge in [0.25, 0.3) is 0 Å². The Morgan fingerprint density at radius 3 is 2.48 bits per heavy atom. The molecule has 128 valence electrons. The van der Waals surface area contributed by atoms with E-state index in [-0.39, 0.29) is 5.82 Å². The van der Waals surface area contributed by atoms with Crippen molar-refractivity contribution in [2.45, 2.75) is 26.7 Å². The topological polar surface area (TPSA) is 62.7 Å². The van der Waals surface area contributed by atoms with Crippen molar-refractivity contribution in [3.05, 3.63) is 65.6 Å². The summed E-state index contributed by atoms with van der Waals surface area (Å²) in [7, 11) is 0. The summed E-state index contributed by atoms with van der Waals surface area (Å²) < 4.78 is 13.0. The Kier molecular flexibility index (Phi) is 4.88. The molecule has 3 rings (SSSR count). The molecule has 0 amide bonds. The third-order valence-electron chi connectivity index (χ3n) is 3.84. The summed E-state index contributed by atoms with van der Waals surface area (Å²) in [6.45, 7) is 6.36. The van der Waals surface area contributed by atoms with Crippen molar-refractivity contribution < 1.29 is 4.39 Å². The molecule has 0 atom stereocenters. The Balaban J connectivity index is 1.84. The average Bonchev–Trinajstić information content (AvgIpc) is 2.59. The molecule has 0 aliphatic carbocycles. The molecule has 1 aromatic heterocycles. The van der Waals surface area contributed by atoms with Crippen molar-refractivity contribution in [2.24, 2.45) is 0 Å². The highest BCUT2D eigenvalue weighted by molar-refractivity contribution is 5.66. The molecule has 5 nitrogen and oxygen atoms in total. The zero-order valence-electron chi connectivity index (χ0n) is 14.4. The smallest absolute Gasteiger partial charge is 0.249 e. The predicted molar refractivity (Wildman–Crippen MR) is 98.1 cm³/mol. The molecular weight excluding hydrogens is 317 g/mol. The molecule has 0 aliphatic rings. The summed E-state index contributed by atoms with van der Waals surface area (Å²) in [5, 5.41) is 14.3. The van der Waals surface area contributed by atoms with Gasteiger partial charge in [-0.05, 0) is 48.2 Å². The number of aryl methyl sites for hydroxylation is 1. The van der Waals surface area contributed by atoms with Gasteiger partial charge in [-0.25, -0.2) is 4.39 Å². The molecule has 0 fully saturated rings. The first-order chi connectivity index (χ1) is 12.0. The molecule has 6 heteroatoms. The average molecular weight is 337 g/mol. The van der Waals surface area contributed by atoms with Crippen LogP contribution in [0.15, 0.2) is 48.7 Å². The van der Waals surface area contributed by atoms with Crippen molar-refractivity contribution in [1.29, 1.82) is 0 Å². The molecule has 0 saturated carbocycles. The maximum atomic E-state index is 13.0. The van der Waals surface area contributed by atoms with Gasteiger partial charge in [-0.15, -0.1) is 5.10 Å². The van der Waals surface area contributed by atoms with Gasteiger partial charge < -0.3 is 10.6 Å². The summed E-state index contributed by atoms with van der Waals surface area (Å²) in [6.07, 6.45) is 1.58. The monoisotopic (exact) mass is 337 g/mol. The van der Waals surface area contributed by atoms with Crippen molar-refractivity contribution in [2.75, 3.05) is 10.6 Å². The van der Waals surface area contributed by atoms with E-state index in [9.17, 15) is 4.39 Å². The van der Waals surface area contributed by atoms with Crippen LogP contribution in [-0.4, -0.2) is 15.2 Å². The lowest BCUT2D eigenvalue weighted by Gasteiger charge is -2.16. The highest BCUT2D eigenvalue weighted by Crippen LogP contribution is 2.29. The van der Waals surface area contributed by atoms with Gasteiger partial charge in [0, 0.05) is 11.4 Å². The Bertz CT molecular complexity index is 862. The van der Waals surface area contributed by atoms with Crippen molar-refractivity contribution in [3.63, 3.8) is 0 Å². The SMILES string of the molecule is Cc1cccc(C(C)C)c1Nc1cnnc(Nc2ccc(F)cc2)n1. The van der Waals surface area contributed by atoms with E-state index < -0.39 is 0 Å². The van der Waals surface area contributed by atoms with E-state index in [1.54, 1.807) is 18.3 Å². The summed E-state index contributed by atoms with van der Waals surface area (Å²) in [5.41, 5.74) is 4.08. The fourth-order valence-electron chi connectivity index (χ4n) is 2.55. The molecule has 0 aliphatic heterocycles. The van der Waals surface area contributed by atoms with E-state index in [4.69, 9.17) is 0 Å². The van der Waals surface area contributed by atoms with Gasteiger partial charge in [-0.3, -0.25) is 0 Å². The lowest BCUT2D eigenvalue weighted by atomic mass is 9.98. The Morgan fingerprint density at radius 2 is 1.76 bits per heavy atom. The largest absolute Gasteiger partial charge is 0.338 e. The van der Waals surface area contributed by atoms with Crippen LogP contribution >= 0.6 is 0 Å². The van der Waals surface area contributed by atoms with Gasteiger partial charge in [0.1, 0.15) is 5.82 Å². The van der Waals surface area contributed by atoms with E-state index >= 15 is 0 Å². The number of rotatable bonds is 5. The molecule has 0 saturated heterocycles. The number of hydrogen-bond acceptors (Lipinski definition) is 5. The lowest BCUT2D eigenvalue weighted by molar-refractivity contribution is 0.628. The summed E-state index contributed by atoms with van der Waals surface area (Å²) in [5.74, 6) is 1.03. The molecule has 3 aromatic rings. The first kappa shape index (κ1) is 16.8. The first-order valence-corrected chi connectivity index (χ1v) is 8.12. The van der Waals surface area contributed by atoms with Crippen molar-refractivity contribution in [3.8, 4) is 0 Å². The van der Waals surface area contributed by atoms with Crippen LogP contribution in [0, 0.1) is 12.7 Å². The second-order valence-electron chi connectivity index (χ2n) is 6.12. The van der Waals surface area contributed by atoms with E-state index in [0.29, 0.717) is 23.4 Å². The minimum atomic E-state index is -0.291. The number of benzene rings is 2. The van der Waals surface area contributed by atoms with Gasteiger partial charge in [-0.1, -0.05) is 32.0 Å². The van der Waals surface area contributed by atoms with Crippen LogP contribution in [0.2, 0.25) is 0 Å². The van der Waals surface area contributed by atoms with Crippen molar-refractivity contribution in [1.82, 2.24) is 15.2 Å². The Hall–Kier alpha value is -3.02. The lowest BCUT2D eigenvalue weighted by Crippen LogP contribution is -2.05. The van der Waals surface area contributed by atoms with E-state index in [2.05, 4.69) is 64.8 Å². The third kappa shape index (κ3) is 4.09. The number of hydrogen-bond donors (Lipinski definition) is 2. The van der Waals surface area contributed by atoms with Gasteiger partial charge in [-0.2, -0.15) is 10.1 Å². The summed E-state index contributed by atoms with van der Waals surface area (Å²) in [6, 6.07) is 12.2. The minimum Gasteiger partial charge on any atom is -0.338 e. The number of halogens is 1. The number of aromatic nitrogens is 3. The molecule has 0 radical (unpaired) electrons. The third-order valence-corrected chi connectivity index (χ3v) is 3.84. The van der Waals surface area contributed by atoms with Gasteiger partial charge in [0.05, 0.1) is 6.20 Å². The first-order valence-electron chi connectivity index (χ1n) is 8.12. The molecule has 0 bridgehead atoms. The maximum absolute atomic E-state index is 13.0. The summed E-state index contributed by atoms with van der Waals surface area (Å²) >= 11 is 0. The molecule has 1 heterocycles. The zero-order chi connectivity index (χ0) is 17.8. The van der Waals surface area contributed by atoms with Crippen LogP contribution in [0.4, 0.5) is 27.5 Å². The molecule has 0 spiro atoms. The number of nitrogens with one attached hydrogen (secondary N) is 2. The van der Waals surface area contributed by atoms with E-state index in [0.717, 1.165) is 11.3 Å². The van der Waals surface area contributed by atoms with Crippen LogP contribution in [0.3, 0.4) is 0 Å². The number of anilines is 4. The Morgan fingerprint density at radius 1 is 1.00 bits per heavy atom.